The van der Waals surface area contributed by atoms with Gasteiger partial charge in [0.1, 0.15) is 5.69 Å². The first-order chi connectivity index (χ1) is 13.4. The van der Waals surface area contributed by atoms with Crippen LogP contribution in [0.15, 0.2) is 61.2 Å². The average Bonchev–Trinajstić information content (AvgIpc) is 2.75. The molecule has 0 radical (unpaired) electrons. The van der Waals surface area contributed by atoms with Crippen LogP contribution in [0.4, 0.5) is 0 Å². The van der Waals surface area contributed by atoms with Crippen LogP contribution in [0.1, 0.15) is 24.1 Å². The van der Waals surface area contributed by atoms with E-state index in [4.69, 9.17) is 4.74 Å². The van der Waals surface area contributed by atoms with Gasteiger partial charge < -0.3 is 4.74 Å². The standard InChI is InChI=1S/C21H23N5O/c1-3-9-22-18(6-1)16-27-19-7-5-11-26(15-19)14-17-12-24-21(25-13-17)20-8-2-4-10-23-20/h1-4,6,8-10,12-13,19H,5,7,11,14-16H2/t19-/m1/s1. The lowest BCUT2D eigenvalue weighted by molar-refractivity contribution is -0.0133. The molecule has 0 aromatic carbocycles. The first-order valence-electron chi connectivity index (χ1n) is 9.33. The highest BCUT2D eigenvalue weighted by atomic mass is 16.5. The van der Waals surface area contributed by atoms with Crippen LogP contribution in [-0.4, -0.2) is 44.0 Å². The molecule has 4 rings (SSSR count). The Labute approximate surface area is 159 Å². The van der Waals surface area contributed by atoms with Crippen molar-refractivity contribution in [2.45, 2.75) is 32.1 Å². The van der Waals surface area contributed by atoms with Crippen molar-refractivity contribution in [3.05, 3.63) is 72.4 Å². The maximum Gasteiger partial charge on any atom is 0.178 e. The van der Waals surface area contributed by atoms with Crippen molar-refractivity contribution in [2.24, 2.45) is 0 Å². The number of piperidine rings is 1. The summed E-state index contributed by atoms with van der Waals surface area (Å²) in [7, 11) is 0. The van der Waals surface area contributed by atoms with Gasteiger partial charge in [0.25, 0.3) is 0 Å². The van der Waals surface area contributed by atoms with Gasteiger partial charge in [-0.1, -0.05) is 12.1 Å². The molecule has 0 spiro atoms. The fourth-order valence-corrected chi connectivity index (χ4v) is 3.30. The van der Waals surface area contributed by atoms with E-state index in [2.05, 4.69) is 24.8 Å². The fraction of sp³-hybridized carbons (Fsp3) is 0.333. The molecule has 4 heterocycles. The third kappa shape index (κ3) is 4.93. The Kier molecular flexibility index (Phi) is 5.76. The molecule has 6 nitrogen and oxygen atoms in total. The summed E-state index contributed by atoms with van der Waals surface area (Å²) in [6.45, 7) is 3.41. The predicted octanol–water partition coefficient (Wildman–Crippen LogP) is 3.11. The number of pyridine rings is 2. The number of likely N-dealkylation sites (tertiary alicyclic amines) is 1. The first kappa shape index (κ1) is 17.7. The van der Waals surface area contributed by atoms with E-state index in [1.54, 1.807) is 12.4 Å². The van der Waals surface area contributed by atoms with Gasteiger partial charge in [-0.25, -0.2) is 9.97 Å². The van der Waals surface area contributed by atoms with E-state index in [0.717, 1.165) is 49.4 Å². The van der Waals surface area contributed by atoms with Crippen molar-refractivity contribution < 1.29 is 4.74 Å². The van der Waals surface area contributed by atoms with Crippen LogP contribution in [0.2, 0.25) is 0 Å². The van der Waals surface area contributed by atoms with Crippen molar-refractivity contribution in [3.8, 4) is 11.5 Å². The summed E-state index contributed by atoms with van der Waals surface area (Å²) >= 11 is 0. The van der Waals surface area contributed by atoms with E-state index in [-0.39, 0.29) is 6.10 Å². The zero-order valence-corrected chi connectivity index (χ0v) is 15.2. The fourth-order valence-electron chi connectivity index (χ4n) is 3.30. The van der Waals surface area contributed by atoms with Gasteiger partial charge in [-0.2, -0.15) is 0 Å². The minimum absolute atomic E-state index is 0.245. The summed E-state index contributed by atoms with van der Waals surface area (Å²) in [5.41, 5.74) is 2.89. The predicted molar refractivity (Wildman–Crippen MR) is 103 cm³/mol. The summed E-state index contributed by atoms with van der Waals surface area (Å²) in [5, 5.41) is 0. The largest absolute Gasteiger partial charge is 0.371 e. The van der Waals surface area contributed by atoms with Gasteiger partial charge in [0.05, 0.1) is 18.4 Å². The minimum atomic E-state index is 0.245. The molecule has 1 aliphatic heterocycles. The van der Waals surface area contributed by atoms with E-state index in [0.29, 0.717) is 12.4 Å². The molecule has 1 aliphatic rings. The molecule has 0 bridgehead atoms. The number of hydrogen-bond acceptors (Lipinski definition) is 6. The third-order valence-electron chi connectivity index (χ3n) is 4.66. The molecule has 138 valence electrons. The Bertz CT molecular complexity index is 826. The lowest BCUT2D eigenvalue weighted by Crippen LogP contribution is -2.39. The van der Waals surface area contributed by atoms with Crippen molar-refractivity contribution >= 4 is 0 Å². The smallest absolute Gasteiger partial charge is 0.178 e. The normalized spacial score (nSPS) is 17.7. The van der Waals surface area contributed by atoms with Crippen molar-refractivity contribution in [1.82, 2.24) is 24.8 Å². The molecular formula is C21H23N5O. The highest BCUT2D eigenvalue weighted by Crippen LogP contribution is 2.17. The molecule has 3 aromatic rings. The second-order valence-electron chi connectivity index (χ2n) is 6.76. The maximum absolute atomic E-state index is 6.07. The lowest BCUT2D eigenvalue weighted by atomic mass is 10.1. The second kappa shape index (κ2) is 8.79. The number of rotatable bonds is 6. The van der Waals surface area contributed by atoms with Gasteiger partial charge in [-0.05, 0) is 43.7 Å². The van der Waals surface area contributed by atoms with E-state index in [1.807, 2.05) is 48.8 Å². The molecule has 27 heavy (non-hydrogen) atoms. The van der Waals surface area contributed by atoms with E-state index < -0.39 is 0 Å². The van der Waals surface area contributed by atoms with Crippen molar-refractivity contribution in [1.29, 1.82) is 0 Å². The molecular weight excluding hydrogens is 338 g/mol. The number of ether oxygens (including phenoxy) is 1. The molecule has 1 atom stereocenters. The molecule has 0 unspecified atom stereocenters. The van der Waals surface area contributed by atoms with Crippen LogP contribution < -0.4 is 0 Å². The van der Waals surface area contributed by atoms with Crippen molar-refractivity contribution in [3.63, 3.8) is 0 Å². The summed E-state index contributed by atoms with van der Waals surface area (Å²) in [5.74, 6) is 0.662. The van der Waals surface area contributed by atoms with Gasteiger partial charge >= 0.3 is 0 Å². The minimum Gasteiger partial charge on any atom is -0.371 e. The third-order valence-corrected chi connectivity index (χ3v) is 4.66. The molecule has 3 aromatic heterocycles. The van der Waals surface area contributed by atoms with Gasteiger partial charge in [0, 0.05) is 43.4 Å². The first-order valence-corrected chi connectivity index (χ1v) is 9.33. The second-order valence-corrected chi connectivity index (χ2v) is 6.76. The van der Waals surface area contributed by atoms with Crippen LogP contribution in [-0.2, 0) is 17.9 Å². The summed E-state index contributed by atoms with van der Waals surface area (Å²) in [4.78, 5) is 20.0. The van der Waals surface area contributed by atoms with Gasteiger partial charge in [-0.15, -0.1) is 0 Å². The Hall–Kier alpha value is -2.70. The molecule has 0 N–H and O–H groups in total. The Morgan fingerprint density at radius 1 is 0.963 bits per heavy atom. The number of hydrogen-bond donors (Lipinski definition) is 0. The Morgan fingerprint density at radius 2 is 1.78 bits per heavy atom. The number of nitrogens with zero attached hydrogens (tertiary/aromatic N) is 5. The molecule has 0 saturated carbocycles. The highest BCUT2D eigenvalue weighted by Gasteiger charge is 2.21. The molecule has 6 heteroatoms. The van der Waals surface area contributed by atoms with Crippen LogP contribution in [0.25, 0.3) is 11.5 Å². The molecule has 1 saturated heterocycles. The molecule has 1 fully saturated rings. The molecule has 0 aliphatic carbocycles. The SMILES string of the molecule is c1ccc(CO[C@@H]2CCCN(Cc3cnc(-c4ccccn4)nc3)C2)nc1. The van der Waals surface area contributed by atoms with Gasteiger partial charge in [0.2, 0.25) is 0 Å². The summed E-state index contributed by atoms with van der Waals surface area (Å²) in [6, 6.07) is 11.7. The summed E-state index contributed by atoms with van der Waals surface area (Å²) < 4.78 is 6.07. The van der Waals surface area contributed by atoms with Gasteiger partial charge in [0.15, 0.2) is 5.82 Å². The maximum atomic E-state index is 6.07. The van der Waals surface area contributed by atoms with E-state index in [9.17, 15) is 0 Å². The topological polar surface area (TPSA) is 64.0 Å². The average molecular weight is 361 g/mol. The zero-order chi connectivity index (χ0) is 18.3. The highest BCUT2D eigenvalue weighted by molar-refractivity contribution is 5.47. The number of aromatic nitrogens is 4. The lowest BCUT2D eigenvalue weighted by Gasteiger charge is -2.32. The van der Waals surface area contributed by atoms with Crippen LogP contribution >= 0.6 is 0 Å². The van der Waals surface area contributed by atoms with Crippen LogP contribution in [0, 0.1) is 0 Å². The quantitative estimate of drug-likeness (QED) is 0.672. The van der Waals surface area contributed by atoms with Gasteiger partial charge in [-0.3, -0.25) is 14.9 Å². The monoisotopic (exact) mass is 361 g/mol. The molecule has 0 amide bonds. The summed E-state index contributed by atoms with van der Waals surface area (Å²) in [6.07, 6.45) is 9.84. The zero-order valence-electron chi connectivity index (χ0n) is 15.2. The van der Waals surface area contributed by atoms with Crippen LogP contribution in [0.5, 0.6) is 0 Å². The van der Waals surface area contributed by atoms with Crippen LogP contribution in [0.3, 0.4) is 0 Å². The van der Waals surface area contributed by atoms with Crippen molar-refractivity contribution in [2.75, 3.05) is 13.1 Å². The Balaban J connectivity index is 1.31. The Morgan fingerprint density at radius 3 is 2.52 bits per heavy atom. The van der Waals surface area contributed by atoms with E-state index >= 15 is 0 Å². The van der Waals surface area contributed by atoms with E-state index in [1.165, 1.54) is 0 Å².